The molecule has 9 nitrogen and oxygen atoms in total. The van der Waals surface area contributed by atoms with Gasteiger partial charge in [-0.15, -0.1) is 0 Å². The number of thioether (sulfide) groups is 2. The van der Waals surface area contributed by atoms with Crippen molar-refractivity contribution in [3.05, 3.63) is 0 Å². The topological polar surface area (TPSA) is 131 Å². The molecule has 228 valence electrons. The quantitative estimate of drug-likeness (QED) is 0.133. The van der Waals surface area contributed by atoms with Crippen LogP contribution in [0.1, 0.15) is 75.7 Å². The molecule has 0 heterocycles. The predicted molar refractivity (Wildman–Crippen MR) is 170 cm³/mol. The second kappa shape index (κ2) is 25.3. The van der Waals surface area contributed by atoms with E-state index in [0.717, 1.165) is 26.2 Å². The van der Waals surface area contributed by atoms with E-state index in [1.54, 1.807) is 27.7 Å². The van der Waals surface area contributed by atoms with Crippen molar-refractivity contribution in [2.24, 2.45) is 0 Å². The van der Waals surface area contributed by atoms with Crippen molar-refractivity contribution >= 4 is 68.5 Å². The normalized spacial score (nSPS) is 10.5. The number of aliphatic carboxylic acids is 1. The lowest BCUT2D eigenvalue weighted by atomic mass is 10.2. The standard InChI is InChI=1S/C12H23NO3S2.C9H17NO2S2.C3H8O2.CH4/c1-5-13(6-2)11(17)18-12(3,4)10(15)16-9-7-8-14;1-5-10(6-2)8(13)14-9(3,4)7(11)12;4-2-1-3-5;/h14H,5-9H2,1-4H3;5-6H2,1-4H3,(H,11,12);4-5H,1-3H2;1H4. The lowest BCUT2D eigenvalue weighted by Gasteiger charge is -2.27. The molecule has 38 heavy (non-hydrogen) atoms. The molecule has 0 aliphatic heterocycles. The third-order valence-electron chi connectivity index (χ3n) is 4.59. The Morgan fingerprint density at radius 2 is 1.08 bits per heavy atom. The molecule has 0 amide bonds. The van der Waals surface area contributed by atoms with Crippen molar-refractivity contribution in [3.63, 3.8) is 0 Å². The molecular weight excluding hydrogens is 569 g/mol. The minimum atomic E-state index is -0.848. The van der Waals surface area contributed by atoms with E-state index in [1.807, 2.05) is 37.5 Å². The van der Waals surface area contributed by atoms with Gasteiger partial charge in [-0.05, 0) is 61.8 Å². The number of hydrogen-bond acceptors (Lipinski definition) is 10. The van der Waals surface area contributed by atoms with Crippen molar-refractivity contribution in [3.8, 4) is 0 Å². The van der Waals surface area contributed by atoms with E-state index in [1.165, 1.54) is 23.5 Å². The first-order chi connectivity index (χ1) is 17.1. The van der Waals surface area contributed by atoms with Gasteiger partial charge in [-0.1, -0.05) is 55.4 Å². The summed E-state index contributed by atoms with van der Waals surface area (Å²) in [6.45, 7) is 18.8. The van der Waals surface area contributed by atoms with Gasteiger partial charge < -0.3 is 35.0 Å². The number of aliphatic hydroxyl groups is 3. The van der Waals surface area contributed by atoms with Crippen molar-refractivity contribution in [1.29, 1.82) is 0 Å². The number of rotatable bonds is 13. The van der Waals surface area contributed by atoms with Crippen LogP contribution in [-0.2, 0) is 14.3 Å². The number of aliphatic hydroxyl groups excluding tert-OH is 3. The monoisotopic (exact) mass is 620 g/mol. The molecule has 0 radical (unpaired) electrons. The average Bonchev–Trinajstić information content (AvgIpc) is 2.81. The lowest BCUT2D eigenvalue weighted by Crippen LogP contribution is -2.36. The maximum Gasteiger partial charge on any atom is 0.322 e. The minimum Gasteiger partial charge on any atom is -0.480 e. The van der Waals surface area contributed by atoms with Gasteiger partial charge in [-0.2, -0.15) is 0 Å². The third-order valence-corrected chi connectivity index (χ3v) is 7.83. The molecule has 0 rings (SSSR count). The van der Waals surface area contributed by atoms with Crippen LogP contribution in [0.3, 0.4) is 0 Å². The van der Waals surface area contributed by atoms with Crippen LogP contribution in [0.25, 0.3) is 0 Å². The minimum absolute atomic E-state index is 0. The van der Waals surface area contributed by atoms with Gasteiger partial charge in [0.25, 0.3) is 0 Å². The largest absolute Gasteiger partial charge is 0.480 e. The van der Waals surface area contributed by atoms with E-state index in [0.29, 0.717) is 21.5 Å². The highest BCUT2D eigenvalue weighted by molar-refractivity contribution is 8.24. The van der Waals surface area contributed by atoms with Crippen LogP contribution in [0.2, 0.25) is 0 Å². The fourth-order valence-electron chi connectivity index (χ4n) is 2.09. The Bertz CT molecular complexity index is 656. The van der Waals surface area contributed by atoms with Gasteiger partial charge in [0, 0.05) is 52.4 Å². The van der Waals surface area contributed by atoms with Crippen LogP contribution in [0, 0.1) is 0 Å². The molecule has 0 spiro atoms. The number of carboxylic acids is 1. The summed E-state index contributed by atoms with van der Waals surface area (Å²) in [4.78, 5) is 26.7. The third kappa shape index (κ3) is 21.2. The molecule has 0 aromatic carbocycles. The molecule has 13 heteroatoms. The summed E-state index contributed by atoms with van der Waals surface area (Å²) in [6.07, 6.45) is 0.965. The van der Waals surface area contributed by atoms with Crippen molar-refractivity contribution in [2.75, 3.05) is 52.6 Å². The molecule has 0 unspecified atom stereocenters. The van der Waals surface area contributed by atoms with E-state index in [4.69, 9.17) is 49.6 Å². The van der Waals surface area contributed by atoms with Gasteiger partial charge in [-0.25, -0.2) is 0 Å². The van der Waals surface area contributed by atoms with E-state index in [-0.39, 0.29) is 39.8 Å². The zero-order valence-electron chi connectivity index (χ0n) is 23.6. The molecule has 0 atom stereocenters. The fourth-order valence-corrected chi connectivity index (χ4v) is 5.73. The van der Waals surface area contributed by atoms with Gasteiger partial charge in [-0.3, -0.25) is 9.59 Å². The van der Waals surface area contributed by atoms with Crippen molar-refractivity contribution in [2.45, 2.75) is 85.2 Å². The number of esters is 1. The number of hydrogen-bond donors (Lipinski definition) is 4. The first-order valence-electron chi connectivity index (χ1n) is 12.3. The van der Waals surface area contributed by atoms with Gasteiger partial charge in [0.05, 0.1) is 6.61 Å². The van der Waals surface area contributed by atoms with Crippen LogP contribution in [-0.4, -0.2) is 113 Å². The van der Waals surface area contributed by atoms with Gasteiger partial charge in [0.2, 0.25) is 0 Å². The Hall–Kier alpha value is -0.700. The molecule has 0 bridgehead atoms. The smallest absolute Gasteiger partial charge is 0.322 e. The summed E-state index contributed by atoms with van der Waals surface area (Å²) in [5, 5.41) is 33.4. The maximum absolute atomic E-state index is 11.9. The Kier molecular flexibility index (Phi) is 29.5. The Morgan fingerprint density at radius 3 is 1.34 bits per heavy atom. The Labute approximate surface area is 250 Å². The molecule has 0 aliphatic rings. The number of ether oxygens (including phenoxy) is 1. The van der Waals surface area contributed by atoms with Crippen LogP contribution in [0.15, 0.2) is 0 Å². The zero-order valence-corrected chi connectivity index (χ0v) is 26.9. The molecule has 0 aliphatic carbocycles. The fraction of sp³-hybridized carbons (Fsp3) is 0.840. The first kappa shape index (κ1) is 44.3. The van der Waals surface area contributed by atoms with Crippen LogP contribution in [0.5, 0.6) is 0 Å². The van der Waals surface area contributed by atoms with E-state index in [2.05, 4.69) is 0 Å². The van der Waals surface area contributed by atoms with Crippen LogP contribution >= 0.6 is 48.0 Å². The number of carbonyl (C=O) groups is 2. The van der Waals surface area contributed by atoms with Gasteiger partial charge in [0.15, 0.2) is 0 Å². The second-order valence-electron chi connectivity index (χ2n) is 8.42. The molecule has 0 aromatic rings. The van der Waals surface area contributed by atoms with Crippen molar-refractivity contribution < 1.29 is 34.8 Å². The highest BCUT2D eigenvalue weighted by Crippen LogP contribution is 2.29. The maximum atomic E-state index is 11.9. The summed E-state index contributed by atoms with van der Waals surface area (Å²) in [6, 6.07) is 0. The number of carboxylic acid groups (broad SMARTS) is 1. The second-order valence-corrected chi connectivity index (χ2v) is 12.9. The molecule has 0 aromatic heterocycles. The van der Waals surface area contributed by atoms with Gasteiger partial charge >= 0.3 is 11.9 Å². The van der Waals surface area contributed by atoms with Crippen LogP contribution < -0.4 is 0 Å². The van der Waals surface area contributed by atoms with Gasteiger partial charge in [0.1, 0.15) is 18.1 Å². The number of carbonyl (C=O) groups excluding carboxylic acids is 1. The summed E-state index contributed by atoms with van der Waals surface area (Å²) in [5.74, 6) is -1.13. The first-order valence-corrected chi connectivity index (χ1v) is 14.8. The Balaban J connectivity index is -0.000000257. The molecule has 4 N–H and O–H groups in total. The zero-order chi connectivity index (χ0) is 29.7. The Morgan fingerprint density at radius 1 is 0.737 bits per heavy atom. The van der Waals surface area contributed by atoms with E-state index < -0.39 is 15.5 Å². The summed E-state index contributed by atoms with van der Waals surface area (Å²) in [7, 11) is 0. The summed E-state index contributed by atoms with van der Waals surface area (Å²) >= 11 is 13.1. The molecular formula is C25H52N2O7S4. The number of nitrogens with zero attached hydrogens (tertiary/aromatic N) is 2. The van der Waals surface area contributed by atoms with Crippen molar-refractivity contribution in [1.82, 2.24) is 9.80 Å². The predicted octanol–water partition coefficient (Wildman–Crippen LogP) is 4.26. The number of thiocarbonyl (C=S) groups is 2. The average molecular weight is 621 g/mol. The lowest BCUT2D eigenvalue weighted by molar-refractivity contribution is -0.146. The van der Waals surface area contributed by atoms with Crippen LogP contribution in [0.4, 0.5) is 0 Å². The molecule has 0 saturated carbocycles. The summed E-state index contributed by atoms with van der Waals surface area (Å²) < 4.78 is 4.92. The van der Waals surface area contributed by atoms with E-state index >= 15 is 0 Å². The SMILES string of the molecule is C.CCN(CC)C(=S)SC(C)(C)C(=O)O.CCN(CC)C(=S)SC(C)(C)C(=O)OCCCO.OCCCO. The highest BCUT2D eigenvalue weighted by Gasteiger charge is 2.33. The highest BCUT2D eigenvalue weighted by atomic mass is 32.2. The van der Waals surface area contributed by atoms with E-state index in [9.17, 15) is 9.59 Å². The summed E-state index contributed by atoms with van der Waals surface area (Å²) in [5.41, 5.74) is 0. The molecule has 0 fully saturated rings. The molecule has 0 saturated heterocycles.